The van der Waals surface area contributed by atoms with Crippen molar-refractivity contribution in [1.82, 2.24) is 0 Å². The van der Waals surface area contributed by atoms with Gasteiger partial charge in [0.05, 0.1) is 56.9 Å². The van der Waals surface area contributed by atoms with E-state index in [0.717, 1.165) is 32.2 Å². The lowest BCUT2D eigenvalue weighted by atomic mass is 9.53. The third kappa shape index (κ3) is 6.59. The van der Waals surface area contributed by atoms with Crippen LogP contribution in [-0.2, 0) is 23.8 Å². The normalized spacial score (nSPS) is 48.9. The summed E-state index contributed by atoms with van der Waals surface area (Å²) in [6, 6.07) is 0. The number of Topliss-reactive ketones (excluding diaryl/α,β-unsaturated/α-hetero) is 2. The van der Waals surface area contributed by atoms with Crippen molar-refractivity contribution in [2.24, 2.45) is 47.2 Å². The lowest BCUT2D eigenvalue weighted by Crippen LogP contribution is -2.95. The minimum Gasteiger partial charge on any atom is -0.394 e. The van der Waals surface area contributed by atoms with Crippen LogP contribution in [0.15, 0.2) is 0 Å². The van der Waals surface area contributed by atoms with Gasteiger partial charge < -0.3 is 50.4 Å². The van der Waals surface area contributed by atoms with Gasteiger partial charge in [0.25, 0.3) is 0 Å². The monoisotopic (exact) mass is 615 g/mol. The van der Waals surface area contributed by atoms with Crippen molar-refractivity contribution < 1.29 is 60.0 Å². The maximum absolute atomic E-state index is 14.3. The Morgan fingerprint density at radius 2 is 1.70 bits per heavy atom. The first-order valence-corrected chi connectivity index (χ1v) is 16.2. The number of ether oxygens (including phenoxy) is 3. The van der Waals surface area contributed by atoms with Crippen LogP contribution in [0.2, 0.25) is 0 Å². The van der Waals surface area contributed by atoms with Crippen LogP contribution in [0, 0.1) is 41.4 Å². The molecule has 43 heavy (non-hydrogen) atoms. The molecule has 16 unspecified atom stereocenters. The minimum atomic E-state index is -1.63. The van der Waals surface area contributed by atoms with E-state index in [-0.39, 0.29) is 42.1 Å². The number of ketones is 2. The van der Waals surface area contributed by atoms with Crippen LogP contribution in [0.25, 0.3) is 0 Å². The molecule has 2 heterocycles. The fourth-order valence-corrected chi connectivity index (χ4v) is 8.82. The SMILES string of the molecule is C[NH2+]CC1C(CCC2CCC(N)[NH2+]C2)CC2C(=O)C3CC(OC)CC(OC4OC(CO)C(O)C(O)C4O)C3C(=O)C2C1O. The summed E-state index contributed by atoms with van der Waals surface area (Å²) in [6.07, 6.45) is -4.35. The van der Waals surface area contributed by atoms with Crippen LogP contribution in [-0.4, -0.2) is 126 Å². The molecule has 0 amide bonds. The first kappa shape index (κ1) is 33.3. The van der Waals surface area contributed by atoms with Gasteiger partial charge in [-0.25, -0.2) is 0 Å². The molecule has 0 aromatic rings. The van der Waals surface area contributed by atoms with E-state index in [4.69, 9.17) is 19.9 Å². The van der Waals surface area contributed by atoms with Gasteiger partial charge in [-0.05, 0) is 38.0 Å². The molecule has 5 fully saturated rings. The standard InChI is InChI=1S/C30H51N3O10/c1-32-11-18-14(5-3-13-4-6-21(31)33-10-13)7-16-23(25(18)36)27(38)22-17(24(16)35)8-15(41-2)9-19(22)42-30-29(40)28(39)26(37)20(12-34)43-30/h13-23,25-26,28-30,32-34,36-37,39-40H,3-12,31H2,1-2H3/p+2. The molecule has 3 aliphatic carbocycles. The van der Waals surface area contributed by atoms with Crippen LogP contribution in [0.1, 0.15) is 44.9 Å². The van der Waals surface area contributed by atoms with Crippen LogP contribution in [0.3, 0.4) is 0 Å². The molecule has 13 nitrogen and oxygen atoms in total. The first-order chi connectivity index (χ1) is 20.6. The number of hydrogen-bond acceptors (Lipinski definition) is 11. The fourth-order valence-electron chi connectivity index (χ4n) is 8.82. The van der Waals surface area contributed by atoms with Crippen LogP contribution < -0.4 is 16.4 Å². The third-order valence-corrected chi connectivity index (χ3v) is 11.3. The summed E-state index contributed by atoms with van der Waals surface area (Å²) in [5, 5.41) is 56.7. The molecule has 0 aromatic heterocycles. The second-order valence-corrected chi connectivity index (χ2v) is 13.7. The lowest BCUT2D eigenvalue weighted by Gasteiger charge is -2.52. The molecule has 0 spiro atoms. The Hall–Kier alpha value is -1.10. The highest BCUT2D eigenvalue weighted by Gasteiger charge is 2.61. The molecule has 2 saturated heterocycles. The number of carbonyl (C=O) groups is 2. The Labute approximate surface area is 252 Å². The van der Waals surface area contributed by atoms with Gasteiger partial charge in [0.1, 0.15) is 42.1 Å². The average molecular weight is 616 g/mol. The maximum atomic E-state index is 14.3. The number of nitrogens with two attached hydrogens (primary N) is 3. The topological polar surface area (TPSA) is 222 Å². The van der Waals surface area contributed by atoms with Gasteiger partial charge in [-0.1, -0.05) is 0 Å². The highest BCUT2D eigenvalue weighted by atomic mass is 16.7. The van der Waals surface area contributed by atoms with E-state index in [0.29, 0.717) is 25.3 Å². The Morgan fingerprint density at radius 3 is 2.35 bits per heavy atom. The molecule has 246 valence electrons. The molecular weight excluding hydrogens is 562 g/mol. The predicted molar refractivity (Wildman–Crippen MR) is 150 cm³/mol. The average Bonchev–Trinajstić information content (AvgIpc) is 3.00. The first-order valence-electron chi connectivity index (χ1n) is 16.2. The van der Waals surface area contributed by atoms with Crippen LogP contribution >= 0.6 is 0 Å². The zero-order valence-electron chi connectivity index (χ0n) is 25.3. The fraction of sp³-hybridized carbons (Fsp3) is 0.933. The molecule has 3 saturated carbocycles. The van der Waals surface area contributed by atoms with Crippen molar-refractivity contribution in [1.29, 1.82) is 0 Å². The molecule has 5 aliphatic rings. The zero-order valence-corrected chi connectivity index (χ0v) is 25.3. The van der Waals surface area contributed by atoms with Gasteiger partial charge in [0, 0.05) is 43.6 Å². The molecule has 16 atom stereocenters. The van der Waals surface area contributed by atoms with Crippen molar-refractivity contribution in [2.75, 3.05) is 33.9 Å². The summed E-state index contributed by atoms with van der Waals surface area (Å²) in [6.45, 7) is 1.03. The Bertz CT molecular complexity index is 964. The number of fused-ring (bicyclic) bond motifs is 2. The van der Waals surface area contributed by atoms with E-state index in [2.05, 4.69) is 5.32 Å². The summed E-state index contributed by atoms with van der Waals surface area (Å²) >= 11 is 0. The second kappa shape index (κ2) is 14.1. The molecule has 13 heteroatoms. The Morgan fingerprint density at radius 1 is 0.953 bits per heavy atom. The van der Waals surface area contributed by atoms with Gasteiger partial charge in [-0.15, -0.1) is 0 Å². The number of carbonyl (C=O) groups excluding carboxylic acids is 2. The van der Waals surface area contributed by atoms with Crippen LogP contribution in [0.4, 0.5) is 0 Å². The van der Waals surface area contributed by atoms with Gasteiger partial charge in [-0.2, -0.15) is 0 Å². The molecule has 11 N–H and O–H groups in total. The smallest absolute Gasteiger partial charge is 0.186 e. The number of aliphatic hydroxyl groups is 5. The van der Waals surface area contributed by atoms with Gasteiger partial charge in [-0.3, -0.25) is 15.3 Å². The quantitative estimate of drug-likeness (QED) is 0.124. The Kier molecular flexibility index (Phi) is 10.9. The summed E-state index contributed by atoms with van der Waals surface area (Å²) in [5.41, 5.74) is 6.05. The van der Waals surface area contributed by atoms with E-state index >= 15 is 0 Å². The zero-order chi connectivity index (χ0) is 31.0. The summed E-state index contributed by atoms with van der Waals surface area (Å²) < 4.78 is 17.4. The van der Waals surface area contributed by atoms with Gasteiger partial charge in [0.15, 0.2) is 6.29 Å². The minimum absolute atomic E-state index is 0.0429. The number of aliphatic hydroxyl groups excluding tert-OH is 5. The van der Waals surface area contributed by atoms with E-state index in [1.807, 2.05) is 12.4 Å². The number of piperidine rings is 1. The van der Waals surface area contributed by atoms with Crippen molar-refractivity contribution in [3.8, 4) is 0 Å². The molecule has 5 rings (SSSR count). The highest BCUT2D eigenvalue weighted by molar-refractivity contribution is 6.00. The van der Waals surface area contributed by atoms with Gasteiger partial charge in [0.2, 0.25) is 0 Å². The molecule has 2 aliphatic heterocycles. The van der Waals surface area contributed by atoms with Crippen molar-refractivity contribution >= 4 is 11.6 Å². The number of rotatable bonds is 9. The molecule has 0 bridgehead atoms. The summed E-state index contributed by atoms with van der Waals surface area (Å²) in [4.78, 5) is 28.5. The summed E-state index contributed by atoms with van der Waals surface area (Å²) in [7, 11) is 3.49. The largest absolute Gasteiger partial charge is 0.394 e. The lowest BCUT2D eigenvalue weighted by molar-refractivity contribution is -0.702. The van der Waals surface area contributed by atoms with E-state index < -0.39 is 73.2 Å². The third-order valence-electron chi connectivity index (χ3n) is 11.3. The molecule has 0 aromatic carbocycles. The number of hydrogen-bond donors (Lipinski definition) is 8. The Balaban J connectivity index is 1.36. The second-order valence-electron chi connectivity index (χ2n) is 13.7. The maximum Gasteiger partial charge on any atom is 0.186 e. The van der Waals surface area contributed by atoms with E-state index in [1.165, 1.54) is 7.11 Å². The molecule has 0 radical (unpaired) electrons. The summed E-state index contributed by atoms with van der Waals surface area (Å²) in [5.74, 6) is -2.65. The number of quaternary nitrogens is 2. The highest BCUT2D eigenvalue weighted by Crippen LogP contribution is 2.51. The van der Waals surface area contributed by atoms with Crippen molar-refractivity contribution in [3.05, 3.63) is 0 Å². The van der Waals surface area contributed by atoms with E-state index in [1.54, 1.807) is 0 Å². The number of methoxy groups -OCH3 is 1. The van der Waals surface area contributed by atoms with Crippen LogP contribution in [0.5, 0.6) is 0 Å². The molecular formula is C30H53N3O10+2. The van der Waals surface area contributed by atoms with E-state index in [9.17, 15) is 35.1 Å². The van der Waals surface area contributed by atoms with Crippen molar-refractivity contribution in [3.63, 3.8) is 0 Å². The predicted octanol–water partition coefficient (Wildman–Crippen LogP) is -4.17. The van der Waals surface area contributed by atoms with Gasteiger partial charge >= 0.3 is 0 Å². The van der Waals surface area contributed by atoms with Crippen molar-refractivity contribution in [2.45, 2.75) is 100 Å².